The molecule has 1 aromatic heterocycles. The summed E-state index contributed by atoms with van der Waals surface area (Å²) in [6.45, 7) is 3.96. The van der Waals surface area contributed by atoms with E-state index in [9.17, 15) is 9.18 Å². The topological polar surface area (TPSA) is 59.8 Å². The Bertz CT molecular complexity index is 1230. The van der Waals surface area contributed by atoms with E-state index >= 15 is 0 Å². The van der Waals surface area contributed by atoms with E-state index in [0.717, 1.165) is 16.8 Å². The third-order valence-corrected chi connectivity index (χ3v) is 4.94. The second-order valence-electron chi connectivity index (χ2n) is 6.90. The van der Waals surface area contributed by atoms with E-state index in [1.807, 2.05) is 32.0 Å². The highest BCUT2D eigenvalue weighted by Crippen LogP contribution is 2.25. The van der Waals surface area contributed by atoms with E-state index in [1.54, 1.807) is 41.1 Å². The maximum Gasteiger partial charge on any atom is 0.295 e. The van der Waals surface area contributed by atoms with Crippen LogP contribution in [0.25, 0.3) is 17.1 Å². The lowest BCUT2D eigenvalue weighted by molar-refractivity contribution is 0.101. The summed E-state index contributed by atoms with van der Waals surface area (Å²) >= 11 is 6.14. The largest absolute Gasteiger partial charge is 0.318 e. The van der Waals surface area contributed by atoms with Crippen LogP contribution in [0.1, 0.15) is 21.7 Å². The van der Waals surface area contributed by atoms with Crippen LogP contribution in [-0.2, 0) is 0 Å². The maximum atomic E-state index is 13.4. The lowest BCUT2D eigenvalue weighted by Crippen LogP contribution is -2.14. The first-order valence-electron chi connectivity index (χ1n) is 9.29. The number of hydrogen-bond donors (Lipinski definition) is 1. The monoisotopic (exact) mass is 420 g/mol. The third-order valence-electron chi connectivity index (χ3n) is 4.62. The summed E-state index contributed by atoms with van der Waals surface area (Å²) in [4.78, 5) is 17.3. The Hall–Kier alpha value is -3.51. The van der Waals surface area contributed by atoms with Gasteiger partial charge in [-0.1, -0.05) is 41.4 Å². The molecule has 1 amide bonds. The zero-order chi connectivity index (χ0) is 21.3. The molecule has 7 heteroatoms. The van der Waals surface area contributed by atoms with Crippen LogP contribution in [0.3, 0.4) is 0 Å². The van der Waals surface area contributed by atoms with Crippen LogP contribution in [-0.4, -0.2) is 20.7 Å². The van der Waals surface area contributed by atoms with Crippen molar-refractivity contribution in [2.45, 2.75) is 13.8 Å². The molecule has 5 nitrogen and oxygen atoms in total. The number of benzene rings is 3. The smallest absolute Gasteiger partial charge is 0.295 e. The normalized spacial score (nSPS) is 10.8. The van der Waals surface area contributed by atoms with Gasteiger partial charge in [-0.2, -0.15) is 0 Å². The molecule has 0 spiro atoms. The van der Waals surface area contributed by atoms with Crippen molar-refractivity contribution in [3.8, 4) is 17.1 Å². The van der Waals surface area contributed by atoms with Gasteiger partial charge in [0, 0.05) is 5.56 Å². The first-order chi connectivity index (χ1) is 14.4. The van der Waals surface area contributed by atoms with E-state index in [4.69, 9.17) is 11.6 Å². The van der Waals surface area contributed by atoms with Gasteiger partial charge in [0.15, 0.2) is 5.82 Å². The zero-order valence-electron chi connectivity index (χ0n) is 16.4. The first kappa shape index (κ1) is 19.8. The number of para-hydroxylation sites is 1. The molecule has 30 heavy (non-hydrogen) atoms. The van der Waals surface area contributed by atoms with Crippen molar-refractivity contribution in [3.05, 3.63) is 94.5 Å². The summed E-state index contributed by atoms with van der Waals surface area (Å²) < 4.78 is 15.0. The molecular weight excluding hydrogens is 403 g/mol. The number of nitrogens with zero attached hydrogens (tertiary/aromatic N) is 3. The fourth-order valence-electron chi connectivity index (χ4n) is 3.15. The van der Waals surface area contributed by atoms with Crippen molar-refractivity contribution >= 4 is 23.2 Å². The van der Waals surface area contributed by atoms with E-state index in [2.05, 4.69) is 15.4 Å². The Balaban J connectivity index is 1.80. The van der Waals surface area contributed by atoms with Gasteiger partial charge in [-0.05, 0) is 61.9 Å². The van der Waals surface area contributed by atoms with Crippen molar-refractivity contribution in [2.24, 2.45) is 0 Å². The van der Waals surface area contributed by atoms with Gasteiger partial charge < -0.3 is 5.32 Å². The number of carbonyl (C=O) groups excluding carboxylic acids is 1. The molecule has 0 aliphatic carbocycles. The molecule has 0 atom stereocenters. The second kappa shape index (κ2) is 8.08. The summed E-state index contributed by atoms with van der Waals surface area (Å²) in [6.07, 6.45) is 0. The molecule has 0 saturated carbocycles. The number of rotatable bonds is 4. The fraction of sp³-hybridized carbons (Fsp3) is 0.0870. The minimum Gasteiger partial charge on any atom is -0.318 e. The highest BCUT2D eigenvalue weighted by atomic mass is 35.5. The minimum absolute atomic E-state index is 0.0192. The number of aromatic nitrogens is 3. The van der Waals surface area contributed by atoms with Crippen molar-refractivity contribution in [1.29, 1.82) is 0 Å². The van der Waals surface area contributed by atoms with Crippen LogP contribution in [0, 0.1) is 19.7 Å². The molecule has 3 aromatic carbocycles. The van der Waals surface area contributed by atoms with Crippen LogP contribution in [0.15, 0.2) is 66.7 Å². The molecule has 1 N–H and O–H groups in total. The molecule has 0 saturated heterocycles. The van der Waals surface area contributed by atoms with Gasteiger partial charge in [-0.3, -0.25) is 4.79 Å². The van der Waals surface area contributed by atoms with E-state index in [0.29, 0.717) is 22.1 Å². The Morgan fingerprint density at radius 2 is 1.77 bits per heavy atom. The second-order valence-corrected chi connectivity index (χ2v) is 7.31. The Morgan fingerprint density at radius 1 is 1.03 bits per heavy atom. The third kappa shape index (κ3) is 3.95. The van der Waals surface area contributed by atoms with Gasteiger partial charge >= 0.3 is 0 Å². The Morgan fingerprint density at radius 3 is 2.47 bits per heavy atom. The highest BCUT2D eigenvalue weighted by Gasteiger charge is 2.20. The van der Waals surface area contributed by atoms with E-state index in [-0.39, 0.29) is 11.6 Å². The van der Waals surface area contributed by atoms with Crippen LogP contribution >= 0.6 is 11.6 Å². The standard InChI is InChI=1S/C23H18ClFN4O/c1-14-7-12-20(15(2)13-14)29-22(16-8-10-17(25)11-9-16)27-21(28-29)23(30)26-19-6-4-3-5-18(19)24/h3-13H,1-2H3,(H,26,30). The lowest BCUT2D eigenvalue weighted by atomic mass is 10.1. The quantitative estimate of drug-likeness (QED) is 0.467. The number of hydrogen-bond acceptors (Lipinski definition) is 3. The minimum atomic E-state index is -0.491. The van der Waals surface area contributed by atoms with Crippen molar-refractivity contribution in [1.82, 2.24) is 14.8 Å². The van der Waals surface area contributed by atoms with Gasteiger partial charge in [-0.15, -0.1) is 5.10 Å². The molecule has 0 unspecified atom stereocenters. The average molecular weight is 421 g/mol. The van der Waals surface area contributed by atoms with Gasteiger partial charge in [0.25, 0.3) is 5.91 Å². The van der Waals surface area contributed by atoms with E-state index in [1.165, 1.54) is 12.1 Å². The van der Waals surface area contributed by atoms with Crippen LogP contribution in [0.4, 0.5) is 10.1 Å². The molecule has 0 radical (unpaired) electrons. The van der Waals surface area contributed by atoms with Crippen LogP contribution < -0.4 is 5.32 Å². The predicted molar refractivity (Wildman–Crippen MR) is 116 cm³/mol. The summed E-state index contributed by atoms with van der Waals surface area (Å²) in [5.74, 6) is -0.427. The number of carbonyl (C=O) groups is 1. The van der Waals surface area contributed by atoms with E-state index < -0.39 is 5.91 Å². The number of anilines is 1. The summed E-state index contributed by atoms with van der Waals surface area (Å²) in [5.41, 5.74) is 3.97. The predicted octanol–water partition coefficient (Wildman–Crippen LogP) is 5.60. The molecule has 150 valence electrons. The number of nitrogens with one attached hydrogen (secondary N) is 1. The van der Waals surface area contributed by atoms with Crippen LogP contribution in [0.5, 0.6) is 0 Å². The molecule has 0 bridgehead atoms. The van der Waals surface area contributed by atoms with Gasteiger partial charge in [-0.25, -0.2) is 14.1 Å². The Labute approximate surface area is 178 Å². The molecule has 0 aliphatic heterocycles. The zero-order valence-corrected chi connectivity index (χ0v) is 17.1. The first-order valence-corrected chi connectivity index (χ1v) is 9.66. The van der Waals surface area contributed by atoms with Crippen LogP contribution in [0.2, 0.25) is 5.02 Å². The molecule has 0 fully saturated rings. The average Bonchev–Trinajstić information content (AvgIpc) is 3.15. The maximum absolute atomic E-state index is 13.4. The van der Waals surface area contributed by atoms with Gasteiger partial charge in [0.2, 0.25) is 5.82 Å². The SMILES string of the molecule is Cc1ccc(-n2nc(C(=O)Nc3ccccc3Cl)nc2-c2ccc(F)cc2)c(C)c1. The molecule has 4 aromatic rings. The lowest BCUT2D eigenvalue weighted by Gasteiger charge is -2.10. The molecule has 4 rings (SSSR count). The highest BCUT2D eigenvalue weighted by molar-refractivity contribution is 6.33. The van der Waals surface area contributed by atoms with Gasteiger partial charge in [0.1, 0.15) is 5.82 Å². The molecular formula is C23H18ClFN4O. The number of halogens is 2. The number of aryl methyl sites for hydroxylation is 2. The fourth-order valence-corrected chi connectivity index (χ4v) is 3.33. The number of amides is 1. The molecule has 0 aliphatic rings. The summed E-state index contributed by atoms with van der Waals surface area (Å²) in [5, 5.41) is 7.60. The summed E-state index contributed by atoms with van der Waals surface area (Å²) in [7, 11) is 0. The Kier molecular flexibility index (Phi) is 5.33. The summed E-state index contributed by atoms with van der Waals surface area (Å²) in [6, 6.07) is 18.7. The van der Waals surface area contributed by atoms with Crippen molar-refractivity contribution in [3.63, 3.8) is 0 Å². The molecule has 1 heterocycles. The van der Waals surface area contributed by atoms with Crippen molar-refractivity contribution < 1.29 is 9.18 Å². The van der Waals surface area contributed by atoms with Crippen molar-refractivity contribution in [2.75, 3.05) is 5.32 Å². The van der Waals surface area contributed by atoms with Gasteiger partial charge in [0.05, 0.1) is 16.4 Å².